The summed E-state index contributed by atoms with van der Waals surface area (Å²) in [5.74, 6) is 0. The van der Waals surface area contributed by atoms with Gasteiger partial charge in [0.15, 0.2) is 0 Å². The normalized spacial score (nSPS) is 24.8. The Morgan fingerprint density at radius 1 is 1.12 bits per heavy atom. The van der Waals surface area contributed by atoms with Crippen LogP contribution in [0.3, 0.4) is 0 Å². The molecule has 1 saturated heterocycles. The zero-order chi connectivity index (χ0) is 17.6. The summed E-state index contributed by atoms with van der Waals surface area (Å²) in [5, 5.41) is 3.21. The fraction of sp³-hybridized carbons (Fsp3) is 0.650. The van der Waals surface area contributed by atoms with E-state index in [0.29, 0.717) is 6.04 Å². The summed E-state index contributed by atoms with van der Waals surface area (Å²) in [6.45, 7) is 1.64. The molecule has 0 radical (unpaired) electrons. The van der Waals surface area contributed by atoms with E-state index in [2.05, 4.69) is 41.5 Å². The first-order valence-corrected chi connectivity index (χ1v) is 9.55. The van der Waals surface area contributed by atoms with Crippen LogP contribution in [0.4, 0.5) is 10.5 Å². The van der Waals surface area contributed by atoms with E-state index in [0.717, 1.165) is 38.8 Å². The summed E-state index contributed by atoms with van der Waals surface area (Å²) in [6, 6.07) is 11.2. The standard InChI is InChI=1S/C20H31N3O2/c1-22(16-8-4-3-5-9-16)17-12-14-23(15-13-17)20(24)21-18-10-6-7-11-19(18)25-2/h3-5,8-9,17-19H,6-7,10-15H2,1-2H3,(H,21,24)/t18-,19-/m1/s1. The predicted octanol–water partition coefficient (Wildman–Crippen LogP) is 3.25. The molecular formula is C20H31N3O2. The lowest BCUT2D eigenvalue weighted by Gasteiger charge is -2.39. The maximum atomic E-state index is 12.6. The molecule has 1 heterocycles. The number of piperidine rings is 1. The number of anilines is 1. The van der Waals surface area contributed by atoms with Gasteiger partial charge in [0.1, 0.15) is 0 Å². The fourth-order valence-corrected chi connectivity index (χ4v) is 4.12. The number of hydrogen-bond acceptors (Lipinski definition) is 3. The predicted molar refractivity (Wildman–Crippen MR) is 101 cm³/mol. The van der Waals surface area contributed by atoms with Gasteiger partial charge in [0, 0.05) is 39.0 Å². The lowest BCUT2D eigenvalue weighted by atomic mass is 9.92. The number of likely N-dealkylation sites (tertiary alicyclic amines) is 1. The molecule has 1 aliphatic carbocycles. The Bertz CT molecular complexity index is 543. The lowest BCUT2D eigenvalue weighted by Crippen LogP contribution is -2.54. The molecule has 0 bridgehead atoms. The van der Waals surface area contributed by atoms with Crippen LogP contribution in [0.2, 0.25) is 0 Å². The first-order valence-electron chi connectivity index (χ1n) is 9.55. The van der Waals surface area contributed by atoms with Crippen molar-refractivity contribution in [2.45, 2.75) is 56.7 Å². The second-order valence-electron chi connectivity index (χ2n) is 7.28. The van der Waals surface area contributed by atoms with Crippen molar-refractivity contribution < 1.29 is 9.53 Å². The van der Waals surface area contributed by atoms with Crippen molar-refractivity contribution in [2.24, 2.45) is 0 Å². The van der Waals surface area contributed by atoms with E-state index in [1.54, 1.807) is 7.11 Å². The van der Waals surface area contributed by atoms with E-state index in [-0.39, 0.29) is 18.2 Å². The second-order valence-corrected chi connectivity index (χ2v) is 7.28. The van der Waals surface area contributed by atoms with Gasteiger partial charge in [0.2, 0.25) is 0 Å². The van der Waals surface area contributed by atoms with Crippen LogP contribution in [-0.2, 0) is 4.74 Å². The Kier molecular flexibility index (Phi) is 6.19. The van der Waals surface area contributed by atoms with Crippen LogP contribution in [0.5, 0.6) is 0 Å². The molecular weight excluding hydrogens is 314 g/mol. The number of rotatable bonds is 4. The molecule has 5 nitrogen and oxygen atoms in total. The Labute approximate surface area is 151 Å². The minimum absolute atomic E-state index is 0.0785. The summed E-state index contributed by atoms with van der Waals surface area (Å²) in [4.78, 5) is 16.9. The van der Waals surface area contributed by atoms with E-state index < -0.39 is 0 Å². The molecule has 0 spiro atoms. The topological polar surface area (TPSA) is 44.8 Å². The first kappa shape index (κ1) is 18.1. The maximum Gasteiger partial charge on any atom is 0.317 e. The number of urea groups is 1. The smallest absolute Gasteiger partial charge is 0.317 e. The first-order chi connectivity index (χ1) is 12.2. The van der Waals surface area contributed by atoms with E-state index >= 15 is 0 Å². The molecule has 0 unspecified atom stereocenters. The monoisotopic (exact) mass is 345 g/mol. The molecule has 5 heteroatoms. The highest BCUT2D eigenvalue weighted by atomic mass is 16.5. The quantitative estimate of drug-likeness (QED) is 0.911. The van der Waals surface area contributed by atoms with Gasteiger partial charge in [-0.15, -0.1) is 0 Å². The molecule has 2 amide bonds. The third kappa shape index (κ3) is 4.46. The summed E-state index contributed by atoms with van der Waals surface area (Å²) in [7, 11) is 3.90. The van der Waals surface area contributed by atoms with Crippen molar-refractivity contribution in [1.82, 2.24) is 10.2 Å². The van der Waals surface area contributed by atoms with Crippen LogP contribution in [0, 0.1) is 0 Å². The van der Waals surface area contributed by atoms with E-state index in [1.807, 2.05) is 11.0 Å². The van der Waals surface area contributed by atoms with Gasteiger partial charge in [-0.05, 0) is 37.8 Å². The van der Waals surface area contributed by atoms with Gasteiger partial charge >= 0.3 is 6.03 Å². The highest BCUT2D eigenvalue weighted by Gasteiger charge is 2.30. The van der Waals surface area contributed by atoms with Crippen molar-refractivity contribution in [3.63, 3.8) is 0 Å². The van der Waals surface area contributed by atoms with Crippen LogP contribution < -0.4 is 10.2 Å². The van der Waals surface area contributed by atoms with E-state index in [1.165, 1.54) is 18.5 Å². The number of amides is 2. The Hall–Kier alpha value is -1.75. The molecule has 25 heavy (non-hydrogen) atoms. The fourth-order valence-electron chi connectivity index (χ4n) is 4.12. The summed E-state index contributed by atoms with van der Waals surface area (Å²) >= 11 is 0. The molecule has 1 N–H and O–H groups in total. The van der Waals surface area contributed by atoms with Crippen LogP contribution in [0.15, 0.2) is 30.3 Å². The Morgan fingerprint density at radius 3 is 2.48 bits per heavy atom. The molecule has 1 aliphatic heterocycles. The van der Waals surface area contributed by atoms with Crippen LogP contribution in [-0.4, -0.2) is 56.4 Å². The number of carbonyl (C=O) groups is 1. The summed E-state index contributed by atoms with van der Waals surface area (Å²) in [5.41, 5.74) is 1.25. The Morgan fingerprint density at radius 2 is 1.80 bits per heavy atom. The van der Waals surface area contributed by atoms with Crippen molar-refractivity contribution in [1.29, 1.82) is 0 Å². The Balaban J connectivity index is 1.49. The van der Waals surface area contributed by atoms with Gasteiger partial charge < -0.3 is 19.9 Å². The average Bonchev–Trinajstić information content (AvgIpc) is 2.68. The number of carbonyl (C=O) groups excluding carboxylic acids is 1. The lowest BCUT2D eigenvalue weighted by molar-refractivity contribution is 0.0426. The molecule has 2 aliphatic rings. The van der Waals surface area contributed by atoms with Gasteiger partial charge in [-0.1, -0.05) is 31.0 Å². The largest absolute Gasteiger partial charge is 0.379 e. The number of methoxy groups -OCH3 is 1. The van der Waals surface area contributed by atoms with Gasteiger partial charge in [0.05, 0.1) is 12.1 Å². The highest BCUT2D eigenvalue weighted by Crippen LogP contribution is 2.23. The summed E-state index contributed by atoms with van der Waals surface area (Å²) in [6.07, 6.45) is 6.63. The van der Waals surface area contributed by atoms with Crippen LogP contribution in [0.1, 0.15) is 38.5 Å². The molecule has 138 valence electrons. The second kappa shape index (κ2) is 8.56. The highest BCUT2D eigenvalue weighted by molar-refractivity contribution is 5.74. The molecule has 2 fully saturated rings. The van der Waals surface area contributed by atoms with E-state index in [9.17, 15) is 4.79 Å². The number of benzene rings is 1. The van der Waals surface area contributed by atoms with Crippen molar-refractivity contribution in [2.75, 3.05) is 32.1 Å². The SMILES string of the molecule is CO[C@@H]1CCCC[C@H]1NC(=O)N1CCC(N(C)c2ccccc2)CC1. The summed E-state index contributed by atoms with van der Waals surface area (Å²) < 4.78 is 5.55. The van der Waals surface area contributed by atoms with Gasteiger partial charge in [-0.2, -0.15) is 0 Å². The van der Waals surface area contributed by atoms with Crippen molar-refractivity contribution in [3.05, 3.63) is 30.3 Å². The zero-order valence-corrected chi connectivity index (χ0v) is 15.5. The van der Waals surface area contributed by atoms with Crippen molar-refractivity contribution in [3.8, 4) is 0 Å². The van der Waals surface area contributed by atoms with E-state index in [4.69, 9.17) is 4.74 Å². The number of nitrogens with zero attached hydrogens (tertiary/aromatic N) is 2. The molecule has 3 rings (SSSR count). The number of nitrogens with one attached hydrogen (secondary N) is 1. The third-order valence-electron chi connectivity index (χ3n) is 5.78. The zero-order valence-electron chi connectivity index (χ0n) is 15.5. The number of para-hydroxylation sites is 1. The van der Waals surface area contributed by atoms with Gasteiger partial charge in [0.25, 0.3) is 0 Å². The molecule has 1 aromatic rings. The van der Waals surface area contributed by atoms with Gasteiger partial charge in [-0.25, -0.2) is 4.79 Å². The van der Waals surface area contributed by atoms with Crippen LogP contribution in [0.25, 0.3) is 0 Å². The number of ether oxygens (including phenoxy) is 1. The minimum atomic E-state index is 0.0785. The number of hydrogen-bond donors (Lipinski definition) is 1. The third-order valence-corrected chi connectivity index (χ3v) is 5.78. The molecule has 0 aromatic heterocycles. The average molecular weight is 345 g/mol. The van der Waals surface area contributed by atoms with Crippen molar-refractivity contribution >= 4 is 11.7 Å². The van der Waals surface area contributed by atoms with Gasteiger partial charge in [-0.3, -0.25) is 0 Å². The molecule has 2 atom stereocenters. The van der Waals surface area contributed by atoms with Crippen LogP contribution >= 0.6 is 0 Å². The molecule has 1 aromatic carbocycles. The minimum Gasteiger partial charge on any atom is -0.379 e. The maximum absolute atomic E-state index is 12.6. The molecule has 1 saturated carbocycles.